The molecule has 26 heavy (non-hydrogen) atoms. The minimum absolute atomic E-state index is 0.296. The first-order chi connectivity index (χ1) is 12.4. The molecule has 1 rings (SSSR count). The molecule has 0 aliphatic carbocycles. The highest BCUT2D eigenvalue weighted by molar-refractivity contribution is 5.93. The molecule has 0 spiro atoms. The van der Waals surface area contributed by atoms with Crippen LogP contribution in [0, 0.1) is 5.95 Å². The zero-order valence-corrected chi connectivity index (χ0v) is 14.8. The van der Waals surface area contributed by atoms with Gasteiger partial charge in [0.15, 0.2) is 0 Å². The van der Waals surface area contributed by atoms with Gasteiger partial charge in [-0.1, -0.05) is 13.3 Å². The predicted octanol–water partition coefficient (Wildman–Crippen LogP) is 1.67. The van der Waals surface area contributed by atoms with E-state index in [9.17, 15) is 18.8 Å². The standard InChI is InChI=1S/C17H25FN4O4/c1-2-6-13(16(24)25)22-17(26)20-10-5-3-4-9-19-15(23)12-7-8-14(18)21-11-12/h7-8,11,13H,2-6,9-10H2,1H3,(H,19,23)(H,24,25)(H2,20,22,26)/t13-/m0/s1/i18-1. The lowest BCUT2D eigenvalue weighted by Crippen LogP contribution is -2.46. The highest BCUT2D eigenvalue weighted by atomic mass is 18.2. The van der Waals surface area contributed by atoms with Crippen LogP contribution in [0.15, 0.2) is 18.3 Å². The van der Waals surface area contributed by atoms with Crippen molar-refractivity contribution < 1.29 is 23.9 Å². The Kier molecular flexibility index (Phi) is 9.66. The van der Waals surface area contributed by atoms with Crippen LogP contribution in [0.25, 0.3) is 0 Å². The van der Waals surface area contributed by atoms with Crippen LogP contribution in [0.3, 0.4) is 0 Å². The van der Waals surface area contributed by atoms with Gasteiger partial charge < -0.3 is 21.1 Å². The van der Waals surface area contributed by atoms with Crippen LogP contribution in [0.4, 0.5) is 9.18 Å². The van der Waals surface area contributed by atoms with Crippen molar-refractivity contribution in [3.63, 3.8) is 0 Å². The number of urea groups is 1. The van der Waals surface area contributed by atoms with E-state index in [0.717, 1.165) is 18.9 Å². The summed E-state index contributed by atoms with van der Waals surface area (Å²) in [7, 11) is 0. The highest BCUT2D eigenvalue weighted by Gasteiger charge is 2.18. The van der Waals surface area contributed by atoms with Gasteiger partial charge in [0.05, 0.1) is 5.56 Å². The molecular weight excluding hydrogens is 342 g/mol. The summed E-state index contributed by atoms with van der Waals surface area (Å²) in [4.78, 5) is 37.7. The second kappa shape index (κ2) is 11.8. The van der Waals surface area contributed by atoms with E-state index in [1.54, 1.807) is 0 Å². The lowest BCUT2D eigenvalue weighted by atomic mass is 10.2. The third-order valence-electron chi connectivity index (χ3n) is 3.60. The Morgan fingerprint density at radius 2 is 1.85 bits per heavy atom. The zero-order valence-electron chi connectivity index (χ0n) is 14.8. The van der Waals surface area contributed by atoms with Gasteiger partial charge in [-0.3, -0.25) is 4.79 Å². The van der Waals surface area contributed by atoms with Crippen molar-refractivity contribution >= 4 is 17.9 Å². The number of nitrogens with zero attached hydrogens (tertiary/aromatic N) is 1. The molecule has 1 aromatic heterocycles. The van der Waals surface area contributed by atoms with E-state index < -0.39 is 24.0 Å². The molecule has 1 atom stereocenters. The topological polar surface area (TPSA) is 120 Å². The van der Waals surface area contributed by atoms with Crippen LogP contribution in [0.5, 0.6) is 0 Å². The van der Waals surface area contributed by atoms with E-state index in [1.807, 2.05) is 6.92 Å². The number of pyridine rings is 1. The fourth-order valence-corrected chi connectivity index (χ4v) is 2.20. The van der Waals surface area contributed by atoms with E-state index in [1.165, 1.54) is 12.3 Å². The van der Waals surface area contributed by atoms with Crippen molar-refractivity contribution in [2.75, 3.05) is 13.1 Å². The maximum Gasteiger partial charge on any atom is 0.326 e. The number of carboxylic acids is 1. The Morgan fingerprint density at radius 3 is 2.42 bits per heavy atom. The summed E-state index contributed by atoms with van der Waals surface area (Å²) in [5.74, 6) is -2.00. The van der Waals surface area contributed by atoms with Crippen LogP contribution in [-0.2, 0) is 4.79 Å². The molecule has 4 N–H and O–H groups in total. The first kappa shape index (κ1) is 21.3. The van der Waals surface area contributed by atoms with E-state index in [0.29, 0.717) is 37.9 Å². The van der Waals surface area contributed by atoms with Gasteiger partial charge in [0.1, 0.15) is 6.04 Å². The van der Waals surface area contributed by atoms with E-state index in [4.69, 9.17) is 5.11 Å². The summed E-state index contributed by atoms with van der Waals surface area (Å²) in [6.45, 7) is 2.72. The molecule has 0 unspecified atom stereocenters. The number of carbonyl (C=O) groups excluding carboxylic acids is 2. The van der Waals surface area contributed by atoms with E-state index in [-0.39, 0.29) is 5.91 Å². The molecule has 9 heteroatoms. The van der Waals surface area contributed by atoms with Crippen molar-refractivity contribution in [1.29, 1.82) is 0 Å². The summed E-state index contributed by atoms with van der Waals surface area (Å²) >= 11 is 0. The van der Waals surface area contributed by atoms with Crippen LogP contribution in [-0.4, -0.2) is 47.1 Å². The fourth-order valence-electron chi connectivity index (χ4n) is 2.20. The summed E-state index contributed by atoms with van der Waals surface area (Å²) < 4.78 is 12.7. The number of hydrogen-bond acceptors (Lipinski definition) is 4. The summed E-state index contributed by atoms with van der Waals surface area (Å²) in [6.07, 6.45) is 4.42. The second-order valence-electron chi connectivity index (χ2n) is 5.77. The number of amides is 3. The van der Waals surface area contributed by atoms with Crippen molar-refractivity contribution in [2.45, 2.75) is 45.1 Å². The molecule has 8 nitrogen and oxygen atoms in total. The minimum atomic E-state index is -1.05. The predicted molar refractivity (Wildman–Crippen MR) is 93.2 cm³/mol. The Morgan fingerprint density at radius 1 is 1.15 bits per heavy atom. The maximum atomic E-state index is 12.7. The third-order valence-corrected chi connectivity index (χ3v) is 3.60. The summed E-state index contributed by atoms with van der Waals surface area (Å²) in [5.41, 5.74) is 0.296. The van der Waals surface area contributed by atoms with Gasteiger partial charge in [-0.2, -0.15) is 4.39 Å². The SMILES string of the molecule is CCC[C@H](NC(=O)NCCCCCNC(=O)c1ccc([18F])nc1)C(=O)O. The molecule has 1 aromatic rings. The molecule has 0 saturated carbocycles. The number of aliphatic carboxylic acids is 1. The van der Waals surface area contributed by atoms with Gasteiger partial charge in [-0.05, 0) is 37.8 Å². The van der Waals surface area contributed by atoms with Crippen LogP contribution in [0.1, 0.15) is 49.4 Å². The van der Waals surface area contributed by atoms with Gasteiger partial charge in [0, 0.05) is 19.3 Å². The number of hydrogen-bond donors (Lipinski definition) is 4. The van der Waals surface area contributed by atoms with Crippen LogP contribution < -0.4 is 16.0 Å². The minimum Gasteiger partial charge on any atom is -0.480 e. The van der Waals surface area contributed by atoms with Gasteiger partial charge >= 0.3 is 12.0 Å². The number of unbranched alkanes of at least 4 members (excludes halogenated alkanes) is 2. The normalized spacial score (nSPS) is 11.5. The van der Waals surface area contributed by atoms with E-state index >= 15 is 0 Å². The Bertz CT molecular complexity index is 595. The summed E-state index contributed by atoms with van der Waals surface area (Å²) in [5, 5.41) is 16.7. The van der Waals surface area contributed by atoms with Crippen molar-refractivity contribution in [2.24, 2.45) is 0 Å². The van der Waals surface area contributed by atoms with Crippen molar-refractivity contribution in [3.05, 3.63) is 29.8 Å². The number of rotatable bonds is 11. The molecule has 0 aromatic carbocycles. The lowest BCUT2D eigenvalue weighted by Gasteiger charge is -2.14. The first-order valence-corrected chi connectivity index (χ1v) is 8.61. The monoisotopic (exact) mass is 367 g/mol. The number of carboxylic acid groups (broad SMARTS) is 1. The molecule has 3 amide bonds. The average Bonchev–Trinajstić information content (AvgIpc) is 2.60. The zero-order chi connectivity index (χ0) is 19.4. The van der Waals surface area contributed by atoms with Crippen LogP contribution in [0.2, 0.25) is 0 Å². The van der Waals surface area contributed by atoms with Crippen LogP contribution >= 0.6 is 0 Å². The largest absolute Gasteiger partial charge is 0.480 e. The van der Waals surface area contributed by atoms with Gasteiger partial charge in [-0.25, -0.2) is 14.6 Å². The van der Waals surface area contributed by atoms with E-state index in [2.05, 4.69) is 20.9 Å². The Hall–Kier alpha value is -2.71. The number of halogens is 1. The van der Waals surface area contributed by atoms with Gasteiger partial charge in [-0.15, -0.1) is 0 Å². The number of carbonyl (C=O) groups is 3. The second-order valence-corrected chi connectivity index (χ2v) is 5.77. The van der Waals surface area contributed by atoms with Crippen molar-refractivity contribution in [3.8, 4) is 0 Å². The van der Waals surface area contributed by atoms with Gasteiger partial charge in [0.2, 0.25) is 5.95 Å². The molecule has 0 saturated heterocycles. The maximum absolute atomic E-state index is 12.7. The molecule has 0 aliphatic heterocycles. The third kappa shape index (κ3) is 8.41. The first-order valence-electron chi connectivity index (χ1n) is 8.61. The van der Waals surface area contributed by atoms with Crippen molar-refractivity contribution in [1.82, 2.24) is 20.9 Å². The van der Waals surface area contributed by atoms with Gasteiger partial charge in [0.25, 0.3) is 5.91 Å². The molecule has 0 bridgehead atoms. The summed E-state index contributed by atoms with van der Waals surface area (Å²) in [6, 6.07) is 1.11. The molecular formula is C17H25FN4O4. The average molecular weight is 367 g/mol. The molecule has 0 radical (unpaired) electrons. The Labute approximate surface area is 151 Å². The number of nitrogens with one attached hydrogen (secondary N) is 3. The smallest absolute Gasteiger partial charge is 0.326 e. The molecule has 0 fully saturated rings. The Balaban J connectivity index is 2.10. The molecule has 144 valence electrons. The lowest BCUT2D eigenvalue weighted by molar-refractivity contribution is -0.139. The highest BCUT2D eigenvalue weighted by Crippen LogP contribution is 2.00. The fraction of sp³-hybridized carbons (Fsp3) is 0.529. The number of aromatic nitrogens is 1. The molecule has 0 aliphatic rings. The quantitative estimate of drug-likeness (QED) is 0.350. The molecule has 1 heterocycles.